The Labute approximate surface area is 172 Å². The molecule has 0 spiro atoms. The third kappa shape index (κ3) is 4.77. The van der Waals surface area contributed by atoms with Crippen LogP contribution in [0.5, 0.6) is 11.5 Å². The molecule has 1 aromatic carbocycles. The van der Waals surface area contributed by atoms with E-state index in [1.54, 1.807) is 12.0 Å². The number of rotatable bonds is 6. The van der Waals surface area contributed by atoms with Crippen molar-refractivity contribution in [2.75, 3.05) is 33.9 Å². The van der Waals surface area contributed by atoms with E-state index in [0.717, 1.165) is 24.2 Å². The Bertz CT molecular complexity index is 747. The van der Waals surface area contributed by atoms with Crippen LogP contribution < -0.4 is 14.8 Å². The summed E-state index contributed by atoms with van der Waals surface area (Å²) in [5.74, 6) is 1.41. The second-order valence-electron chi connectivity index (χ2n) is 8.40. The van der Waals surface area contributed by atoms with E-state index in [9.17, 15) is 9.59 Å². The summed E-state index contributed by atoms with van der Waals surface area (Å²) in [6, 6.07) is 5.99. The van der Waals surface area contributed by atoms with E-state index in [0.29, 0.717) is 25.4 Å². The molecule has 0 bridgehead atoms. The van der Waals surface area contributed by atoms with Crippen LogP contribution in [0.4, 0.5) is 4.79 Å². The third-order valence-electron chi connectivity index (χ3n) is 6.16. The molecular formula is C22H32N2O5. The normalized spacial score (nSPS) is 24.4. The van der Waals surface area contributed by atoms with E-state index in [2.05, 4.69) is 12.2 Å². The van der Waals surface area contributed by atoms with E-state index in [1.165, 1.54) is 26.9 Å². The van der Waals surface area contributed by atoms with Crippen molar-refractivity contribution in [3.63, 3.8) is 0 Å². The number of methoxy groups -OCH3 is 2. The molecule has 1 unspecified atom stereocenters. The number of carbonyl (C=O) groups is 2. The minimum Gasteiger partial charge on any atom is -0.493 e. The number of ether oxygens (including phenoxy) is 3. The maximum absolute atomic E-state index is 12.2. The van der Waals surface area contributed by atoms with Crippen molar-refractivity contribution in [2.24, 2.45) is 5.41 Å². The molecule has 7 heteroatoms. The van der Waals surface area contributed by atoms with Crippen LogP contribution in [0.1, 0.15) is 51.0 Å². The third-order valence-corrected chi connectivity index (χ3v) is 6.16. The van der Waals surface area contributed by atoms with E-state index in [4.69, 9.17) is 14.2 Å². The summed E-state index contributed by atoms with van der Waals surface area (Å²) in [6.45, 7) is 5.11. The van der Waals surface area contributed by atoms with Gasteiger partial charge in [0.15, 0.2) is 11.5 Å². The molecule has 0 radical (unpaired) electrons. The number of amides is 2. The zero-order chi connectivity index (χ0) is 21.0. The summed E-state index contributed by atoms with van der Waals surface area (Å²) in [4.78, 5) is 25.4. The molecule has 2 fully saturated rings. The largest absolute Gasteiger partial charge is 0.493 e. The average Bonchev–Trinajstić information content (AvgIpc) is 3.34. The van der Waals surface area contributed by atoms with E-state index < -0.39 is 0 Å². The van der Waals surface area contributed by atoms with E-state index in [1.807, 2.05) is 18.2 Å². The van der Waals surface area contributed by atoms with Crippen molar-refractivity contribution < 1.29 is 23.8 Å². The van der Waals surface area contributed by atoms with Crippen LogP contribution in [0.3, 0.4) is 0 Å². The van der Waals surface area contributed by atoms with Gasteiger partial charge in [0.1, 0.15) is 0 Å². The van der Waals surface area contributed by atoms with E-state index in [-0.39, 0.29) is 29.4 Å². The molecule has 0 aromatic heterocycles. The van der Waals surface area contributed by atoms with Crippen molar-refractivity contribution in [1.29, 1.82) is 0 Å². The lowest BCUT2D eigenvalue weighted by molar-refractivity contribution is -0.119. The topological polar surface area (TPSA) is 77.1 Å². The lowest BCUT2D eigenvalue weighted by Crippen LogP contribution is -2.40. The highest BCUT2D eigenvalue weighted by Gasteiger charge is 2.46. The van der Waals surface area contributed by atoms with Crippen molar-refractivity contribution in [1.82, 2.24) is 10.2 Å². The molecule has 2 atom stereocenters. The summed E-state index contributed by atoms with van der Waals surface area (Å²) in [6.07, 6.45) is 4.38. The summed E-state index contributed by atoms with van der Waals surface area (Å²) in [5.41, 5.74) is 0.747. The highest BCUT2D eigenvalue weighted by Crippen LogP contribution is 2.45. The molecule has 29 heavy (non-hydrogen) atoms. The zero-order valence-corrected chi connectivity index (χ0v) is 17.8. The van der Waals surface area contributed by atoms with Gasteiger partial charge in [0.05, 0.1) is 20.3 Å². The van der Waals surface area contributed by atoms with Gasteiger partial charge in [-0.05, 0) is 43.4 Å². The second kappa shape index (κ2) is 8.93. The first-order chi connectivity index (χ1) is 13.9. The highest BCUT2D eigenvalue weighted by atomic mass is 16.5. The molecule has 1 aliphatic heterocycles. The van der Waals surface area contributed by atoms with Crippen LogP contribution in [-0.4, -0.2) is 56.9 Å². The van der Waals surface area contributed by atoms with Crippen LogP contribution in [0.25, 0.3) is 0 Å². The fraction of sp³-hybridized carbons (Fsp3) is 0.636. The van der Waals surface area contributed by atoms with Crippen LogP contribution in [0.2, 0.25) is 0 Å². The van der Waals surface area contributed by atoms with Gasteiger partial charge in [-0.3, -0.25) is 4.79 Å². The number of nitrogens with zero attached hydrogens (tertiary/aromatic N) is 1. The Hall–Kier alpha value is -2.44. The Balaban J connectivity index is 1.89. The fourth-order valence-electron chi connectivity index (χ4n) is 4.52. The number of hydrogen-bond acceptors (Lipinski definition) is 5. The maximum atomic E-state index is 12.2. The molecule has 160 valence electrons. The molecule has 1 aromatic rings. The molecule has 2 amide bonds. The molecule has 1 heterocycles. The average molecular weight is 405 g/mol. The quantitative estimate of drug-likeness (QED) is 0.787. The van der Waals surface area contributed by atoms with Crippen LogP contribution in [0.15, 0.2) is 18.2 Å². The number of hydrogen-bond donors (Lipinski definition) is 1. The minimum absolute atomic E-state index is 0.0327. The first kappa shape index (κ1) is 21.3. The van der Waals surface area contributed by atoms with Crippen molar-refractivity contribution >= 4 is 12.0 Å². The minimum atomic E-state index is -0.350. The monoisotopic (exact) mass is 404 g/mol. The van der Waals surface area contributed by atoms with Gasteiger partial charge in [0, 0.05) is 37.9 Å². The smallest absolute Gasteiger partial charge is 0.409 e. The van der Waals surface area contributed by atoms with Crippen LogP contribution >= 0.6 is 0 Å². The predicted octanol–water partition coefficient (Wildman–Crippen LogP) is 3.32. The van der Waals surface area contributed by atoms with Crippen LogP contribution in [0, 0.1) is 5.41 Å². The van der Waals surface area contributed by atoms with Gasteiger partial charge in [0.25, 0.3) is 0 Å². The Morgan fingerprint density at radius 3 is 2.55 bits per heavy atom. The van der Waals surface area contributed by atoms with Crippen molar-refractivity contribution in [3.05, 3.63) is 23.8 Å². The van der Waals surface area contributed by atoms with Crippen molar-refractivity contribution in [3.8, 4) is 11.5 Å². The van der Waals surface area contributed by atoms with Gasteiger partial charge in [-0.25, -0.2) is 4.79 Å². The van der Waals surface area contributed by atoms with Gasteiger partial charge in [-0.2, -0.15) is 0 Å². The highest BCUT2D eigenvalue weighted by molar-refractivity contribution is 5.73. The Morgan fingerprint density at radius 1 is 1.21 bits per heavy atom. The zero-order valence-electron chi connectivity index (χ0n) is 17.8. The Morgan fingerprint density at radius 2 is 1.93 bits per heavy atom. The summed E-state index contributed by atoms with van der Waals surface area (Å²) >= 11 is 0. The molecule has 1 aliphatic carbocycles. The molecular weight excluding hydrogens is 372 g/mol. The Kier molecular flexibility index (Phi) is 6.55. The van der Waals surface area contributed by atoms with Gasteiger partial charge < -0.3 is 24.4 Å². The van der Waals surface area contributed by atoms with Gasteiger partial charge in [0.2, 0.25) is 5.91 Å². The summed E-state index contributed by atoms with van der Waals surface area (Å²) < 4.78 is 16.7. The molecule has 1 saturated heterocycles. The SMILES string of the molecule is COC(=O)N1CC(c2ccc(OC)c(OC3CCCC3)c2)[C@@](C)(CNC(C)=O)C1. The van der Waals surface area contributed by atoms with Gasteiger partial charge in [-0.15, -0.1) is 0 Å². The lowest BCUT2D eigenvalue weighted by Gasteiger charge is -2.31. The molecule has 7 nitrogen and oxygen atoms in total. The number of benzene rings is 1. The summed E-state index contributed by atoms with van der Waals surface area (Å²) in [7, 11) is 3.04. The summed E-state index contributed by atoms with van der Waals surface area (Å²) in [5, 5.41) is 2.93. The van der Waals surface area contributed by atoms with Gasteiger partial charge in [-0.1, -0.05) is 13.0 Å². The molecule has 2 aliphatic rings. The second-order valence-corrected chi connectivity index (χ2v) is 8.40. The standard InChI is InChI=1S/C22H32N2O5/c1-15(25)23-13-22(2)14-24(21(26)28-4)12-18(22)16-9-10-19(27-3)20(11-16)29-17-7-5-6-8-17/h9-11,17-18H,5-8,12-14H2,1-4H3,(H,23,25)/t18?,22-/m0/s1. The molecule has 1 saturated carbocycles. The maximum Gasteiger partial charge on any atom is 0.409 e. The molecule has 1 N–H and O–H groups in total. The lowest BCUT2D eigenvalue weighted by atomic mass is 9.76. The van der Waals surface area contributed by atoms with Gasteiger partial charge >= 0.3 is 6.09 Å². The van der Waals surface area contributed by atoms with Crippen molar-refractivity contribution in [2.45, 2.75) is 51.6 Å². The van der Waals surface area contributed by atoms with E-state index >= 15 is 0 Å². The molecule has 3 rings (SSSR count). The number of carbonyl (C=O) groups excluding carboxylic acids is 2. The first-order valence-electron chi connectivity index (χ1n) is 10.3. The number of likely N-dealkylation sites (tertiary alicyclic amines) is 1. The first-order valence-corrected chi connectivity index (χ1v) is 10.3. The fourth-order valence-corrected chi connectivity index (χ4v) is 4.52. The number of nitrogens with one attached hydrogen (secondary N) is 1. The van der Waals surface area contributed by atoms with Crippen LogP contribution in [-0.2, 0) is 9.53 Å². The predicted molar refractivity (Wildman–Crippen MR) is 109 cm³/mol.